The van der Waals surface area contributed by atoms with Crippen LogP contribution in [0.5, 0.6) is 0 Å². The lowest BCUT2D eigenvalue weighted by molar-refractivity contribution is 0.572. The fourth-order valence-electron chi connectivity index (χ4n) is 1.50. The first-order chi connectivity index (χ1) is 8.05. The Hall–Kier alpha value is -0.910. The Labute approximate surface area is 103 Å². The van der Waals surface area contributed by atoms with Crippen LogP contribution in [0.25, 0.3) is 0 Å². The van der Waals surface area contributed by atoms with Gasteiger partial charge in [0.15, 0.2) is 0 Å². The number of nitrogens with two attached hydrogens (primary N) is 1. The highest BCUT2D eigenvalue weighted by atomic mass is 32.2. The van der Waals surface area contributed by atoms with Gasteiger partial charge in [-0.15, -0.1) is 0 Å². The van der Waals surface area contributed by atoms with Crippen molar-refractivity contribution >= 4 is 10.0 Å². The Balaban J connectivity index is 2.46. The highest BCUT2D eigenvalue weighted by Crippen LogP contribution is 2.13. The summed E-state index contributed by atoms with van der Waals surface area (Å²) in [5, 5.41) is 0. The normalized spacial score (nSPS) is 13.5. The van der Waals surface area contributed by atoms with Crippen LogP contribution < -0.4 is 10.5 Å². The third kappa shape index (κ3) is 5.30. The molecule has 1 rings (SSSR count). The van der Waals surface area contributed by atoms with Gasteiger partial charge in [-0.05, 0) is 24.4 Å². The quantitative estimate of drug-likeness (QED) is 0.766. The Morgan fingerprint density at radius 1 is 1.29 bits per heavy atom. The summed E-state index contributed by atoms with van der Waals surface area (Å²) in [4.78, 5) is 0. The molecule has 0 radical (unpaired) electrons. The van der Waals surface area contributed by atoms with Gasteiger partial charge >= 0.3 is 0 Å². The third-order valence-electron chi connectivity index (χ3n) is 2.60. The molecule has 1 atom stereocenters. The fraction of sp³-hybridized carbons (Fsp3) is 0.500. The molecule has 1 unspecified atom stereocenters. The van der Waals surface area contributed by atoms with Crippen molar-refractivity contribution in [3.63, 3.8) is 0 Å². The molecule has 96 valence electrons. The van der Waals surface area contributed by atoms with Crippen LogP contribution in [0.1, 0.15) is 24.8 Å². The molecule has 17 heavy (non-hydrogen) atoms. The number of hydrogen-bond donors (Lipinski definition) is 2. The maximum atomic E-state index is 11.6. The van der Waals surface area contributed by atoms with Gasteiger partial charge in [-0.1, -0.05) is 37.3 Å². The Bertz CT molecular complexity index is 417. The average molecular weight is 256 g/mol. The van der Waals surface area contributed by atoms with E-state index in [9.17, 15) is 8.42 Å². The van der Waals surface area contributed by atoms with Gasteiger partial charge in [-0.3, -0.25) is 0 Å². The molecule has 0 bridgehead atoms. The lowest BCUT2D eigenvalue weighted by atomic mass is 10.0. The number of hydrogen-bond acceptors (Lipinski definition) is 3. The highest BCUT2D eigenvalue weighted by molar-refractivity contribution is 7.89. The first-order valence-electron chi connectivity index (χ1n) is 5.77. The summed E-state index contributed by atoms with van der Waals surface area (Å²) < 4.78 is 25.7. The van der Waals surface area contributed by atoms with E-state index < -0.39 is 10.0 Å². The summed E-state index contributed by atoms with van der Waals surface area (Å²) in [5.41, 5.74) is 6.42. The lowest BCUT2D eigenvalue weighted by Crippen LogP contribution is -2.30. The van der Waals surface area contributed by atoms with Crippen LogP contribution >= 0.6 is 0 Å². The van der Waals surface area contributed by atoms with Crippen molar-refractivity contribution in [2.24, 2.45) is 5.73 Å². The van der Waals surface area contributed by atoms with Gasteiger partial charge in [0.25, 0.3) is 0 Å². The van der Waals surface area contributed by atoms with E-state index in [0.29, 0.717) is 19.5 Å². The molecule has 1 aromatic carbocycles. The van der Waals surface area contributed by atoms with Crippen LogP contribution in [0.3, 0.4) is 0 Å². The van der Waals surface area contributed by atoms with Crippen LogP contribution in [-0.4, -0.2) is 27.3 Å². The standard InChI is InChI=1S/C12H20N2O2S/c1-11(12-6-3-2-4-7-12)10-14-17(15,16)9-5-8-13/h2-4,6-7,11,14H,5,8-10,13H2,1H3. The minimum atomic E-state index is -3.18. The van der Waals surface area contributed by atoms with Crippen LogP contribution in [0.15, 0.2) is 30.3 Å². The highest BCUT2D eigenvalue weighted by Gasteiger charge is 2.12. The molecule has 5 heteroatoms. The van der Waals surface area contributed by atoms with Crippen molar-refractivity contribution < 1.29 is 8.42 Å². The lowest BCUT2D eigenvalue weighted by Gasteiger charge is -2.13. The zero-order chi connectivity index (χ0) is 12.7. The van der Waals surface area contributed by atoms with E-state index in [1.165, 1.54) is 0 Å². The minimum Gasteiger partial charge on any atom is -0.330 e. The molecule has 0 saturated heterocycles. The van der Waals surface area contributed by atoms with Crippen molar-refractivity contribution in [3.8, 4) is 0 Å². The Morgan fingerprint density at radius 3 is 2.53 bits per heavy atom. The van der Waals surface area contributed by atoms with E-state index in [1.54, 1.807) is 0 Å². The van der Waals surface area contributed by atoms with E-state index in [0.717, 1.165) is 5.56 Å². The number of nitrogens with one attached hydrogen (secondary N) is 1. The monoisotopic (exact) mass is 256 g/mol. The SMILES string of the molecule is CC(CNS(=O)(=O)CCCN)c1ccccc1. The average Bonchev–Trinajstić information content (AvgIpc) is 2.35. The maximum absolute atomic E-state index is 11.6. The Morgan fingerprint density at radius 2 is 1.94 bits per heavy atom. The van der Waals surface area contributed by atoms with Crippen LogP contribution in [0.2, 0.25) is 0 Å². The predicted molar refractivity (Wildman–Crippen MR) is 70.3 cm³/mol. The first kappa shape index (κ1) is 14.2. The zero-order valence-electron chi connectivity index (χ0n) is 10.1. The number of rotatable bonds is 7. The summed E-state index contributed by atoms with van der Waals surface area (Å²) >= 11 is 0. The second kappa shape index (κ2) is 6.74. The van der Waals surface area contributed by atoms with Crippen molar-refractivity contribution in [1.29, 1.82) is 0 Å². The third-order valence-corrected chi connectivity index (χ3v) is 4.03. The van der Waals surface area contributed by atoms with Crippen LogP contribution in [0, 0.1) is 0 Å². The van der Waals surface area contributed by atoms with E-state index in [-0.39, 0.29) is 11.7 Å². The molecule has 0 saturated carbocycles. The molecule has 3 N–H and O–H groups in total. The van der Waals surface area contributed by atoms with Crippen LogP contribution in [-0.2, 0) is 10.0 Å². The van der Waals surface area contributed by atoms with Crippen molar-refractivity contribution in [2.45, 2.75) is 19.3 Å². The van der Waals surface area contributed by atoms with E-state index in [1.807, 2.05) is 37.3 Å². The van der Waals surface area contributed by atoms with Gasteiger partial charge in [0.05, 0.1) is 5.75 Å². The van der Waals surface area contributed by atoms with Gasteiger partial charge in [-0.2, -0.15) is 0 Å². The summed E-state index contributed by atoms with van der Waals surface area (Å²) in [5.74, 6) is 0.272. The fourth-order valence-corrected chi connectivity index (χ4v) is 2.69. The van der Waals surface area contributed by atoms with Gasteiger partial charge in [0.1, 0.15) is 0 Å². The zero-order valence-corrected chi connectivity index (χ0v) is 10.9. The minimum absolute atomic E-state index is 0.102. The maximum Gasteiger partial charge on any atom is 0.211 e. The molecule has 0 aliphatic rings. The topological polar surface area (TPSA) is 72.2 Å². The van der Waals surface area contributed by atoms with Crippen molar-refractivity contribution in [2.75, 3.05) is 18.8 Å². The molecule has 0 aliphatic carbocycles. The Kier molecular flexibility index (Phi) is 5.61. The molecule has 4 nitrogen and oxygen atoms in total. The van der Waals surface area contributed by atoms with Gasteiger partial charge in [0.2, 0.25) is 10.0 Å². The summed E-state index contributed by atoms with van der Waals surface area (Å²) in [7, 11) is -3.18. The summed E-state index contributed by atoms with van der Waals surface area (Å²) in [6, 6.07) is 9.85. The number of benzene rings is 1. The molecule has 0 fully saturated rings. The van der Waals surface area contributed by atoms with Gasteiger partial charge in [0, 0.05) is 6.54 Å². The smallest absolute Gasteiger partial charge is 0.211 e. The summed E-state index contributed by atoms with van der Waals surface area (Å²) in [6.45, 7) is 2.83. The first-order valence-corrected chi connectivity index (χ1v) is 7.43. The predicted octanol–water partition coefficient (Wildman–Crippen LogP) is 1.06. The van der Waals surface area contributed by atoms with Crippen molar-refractivity contribution in [3.05, 3.63) is 35.9 Å². The molecule has 0 aliphatic heterocycles. The van der Waals surface area contributed by atoms with Crippen molar-refractivity contribution in [1.82, 2.24) is 4.72 Å². The molecular formula is C12H20N2O2S. The molecule has 0 spiro atoms. The van der Waals surface area contributed by atoms with Gasteiger partial charge < -0.3 is 5.73 Å². The largest absolute Gasteiger partial charge is 0.330 e. The van der Waals surface area contributed by atoms with Gasteiger partial charge in [-0.25, -0.2) is 13.1 Å². The van der Waals surface area contributed by atoms with Crippen LogP contribution in [0.4, 0.5) is 0 Å². The molecule has 0 heterocycles. The number of sulfonamides is 1. The molecule has 0 amide bonds. The van der Waals surface area contributed by atoms with E-state index in [2.05, 4.69) is 4.72 Å². The molecule has 0 aromatic heterocycles. The van der Waals surface area contributed by atoms with E-state index in [4.69, 9.17) is 5.73 Å². The summed E-state index contributed by atoms with van der Waals surface area (Å²) in [6.07, 6.45) is 0.495. The second-order valence-corrected chi connectivity index (χ2v) is 6.05. The second-order valence-electron chi connectivity index (χ2n) is 4.12. The van der Waals surface area contributed by atoms with E-state index >= 15 is 0 Å². The molecular weight excluding hydrogens is 236 g/mol. The molecule has 1 aromatic rings.